The maximum atomic E-state index is 12.4. The zero-order valence-electron chi connectivity index (χ0n) is 12.7. The molecule has 2 fully saturated rings. The number of aliphatic hydroxyl groups is 1. The summed E-state index contributed by atoms with van der Waals surface area (Å²) in [5.41, 5.74) is -0.786. The molecule has 0 aliphatic carbocycles. The lowest BCUT2D eigenvalue weighted by atomic mass is 9.94. The maximum Gasteiger partial charge on any atom is 0.237 e. The number of carbonyl (C=O) groups excluding carboxylic acids is 1. The van der Waals surface area contributed by atoms with Crippen LogP contribution < -0.4 is 5.32 Å². The second-order valence-electron chi connectivity index (χ2n) is 6.40. The Morgan fingerprint density at radius 3 is 2.75 bits per heavy atom. The number of amides is 1. The fourth-order valence-corrected chi connectivity index (χ4v) is 3.15. The van der Waals surface area contributed by atoms with Gasteiger partial charge in [-0.1, -0.05) is 6.42 Å². The molecule has 116 valence electrons. The Bertz CT molecular complexity index is 327. The van der Waals surface area contributed by atoms with Gasteiger partial charge in [0.05, 0.1) is 11.6 Å². The van der Waals surface area contributed by atoms with Crippen molar-refractivity contribution in [2.75, 3.05) is 26.3 Å². The molecule has 1 atom stereocenters. The molecule has 20 heavy (non-hydrogen) atoms. The summed E-state index contributed by atoms with van der Waals surface area (Å²) in [6.45, 7) is 6.77. The Morgan fingerprint density at radius 1 is 1.40 bits per heavy atom. The summed E-state index contributed by atoms with van der Waals surface area (Å²) in [4.78, 5) is 14.7. The minimum Gasteiger partial charge on any atom is -0.388 e. The molecule has 0 saturated carbocycles. The zero-order valence-corrected chi connectivity index (χ0v) is 12.7. The van der Waals surface area contributed by atoms with E-state index in [4.69, 9.17) is 4.74 Å². The van der Waals surface area contributed by atoms with Crippen molar-refractivity contribution in [3.63, 3.8) is 0 Å². The molecule has 0 radical (unpaired) electrons. The second-order valence-corrected chi connectivity index (χ2v) is 6.40. The zero-order chi connectivity index (χ0) is 14.6. The van der Waals surface area contributed by atoms with E-state index >= 15 is 0 Å². The second kappa shape index (κ2) is 6.87. The number of nitrogens with one attached hydrogen (secondary N) is 1. The van der Waals surface area contributed by atoms with Crippen molar-refractivity contribution >= 4 is 5.91 Å². The van der Waals surface area contributed by atoms with Crippen LogP contribution in [0.1, 0.15) is 46.0 Å². The largest absolute Gasteiger partial charge is 0.388 e. The van der Waals surface area contributed by atoms with Crippen molar-refractivity contribution in [3.8, 4) is 0 Å². The van der Waals surface area contributed by atoms with Crippen LogP contribution >= 0.6 is 0 Å². The Morgan fingerprint density at radius 2 is 2.10 bits per heavy atom. The van der Waals surface area contributed by atoms with Crippen LogP contribution in [-0.2, 0) is 9.53 Å². The van der Waals surface area contributed by atoms with E-state index in [9.17, 15) is 9.90 Å². The molecule has 0 spiro atoms. The van der Waals surface area contributed by atoms with Crippen molar-refractivity contribution in [3.05, 3.63) is 0 Å². The summed E-state index contributed by atoms with van der Waals surface area (Å²) in [6.07, 6.45) is 4.41. The minimum absolute atomic E-state index is 0.0350. The first-order chi connectivity index (χ1) is 9.52. The average Bonchev–Trinajstić information content (AvgIpc) is 2.45. The topological polar surface area (TPSA) is 61.8 Å². The van der Waals surface area contributed by atoms with E-state index in [1.54, 1.807) is 0 Å². The molecule has 0 aromatic rings. The van der Waals surface area contributed by atoms with Crippen LogP contribution in [0.2, 0.25) is 0 Å². The van der Waals surface area contributed by atoms with E-state index in [2.05, 4.69) is 24.1 Å². The van der Waals surface area contributed by atoms with Crippen LogP contribution in [-0.4, -0.2) is 59.9 Å². The van der Waals surface area contributed by atoms with Gasteiger partial charge in [-0.3, -0.25) is 9.69 Å². The van der Waals surface area contributed by atoms with Crippen LogP contribution in [0.5, 0.6) is 0 Å². The molecule has 2 aliphatic rings. The fourth-order valence-electron chi connectivity index (χ4n) is 3.15. The Labute approximate surface area is 121 Å². The lowest BCUT2D eigenvalue weighted by molar-refractivity contribution is -0.131. The molecular weight excluding hydrogens is 256 g/mol. The van der Waals surface area contributed by atoms with E-state index in [0.29, 0.717) is 38.6 Å². The van der Waals surface area contributed by atoms with Crippen molar-refractivity contribution in [2.24, 2.45) is 0 Å². The molecule has 0 bridgehead atoms. The van der Waals surface area contributed by atoms with Crippen molar-refractivity contribution in [1.29, 1.82) is 0 Å². The highest BCUT2D eigenvalue weighted by Crippen LogP contribution is 2.22. The first kappa shape index (κ1) is 15.7. The Balaban J connectivity index is 1.86. The van der Waals surface area contributed by atoms with Crippen LogP contribution in [0.25, 0.3) is 0 Å². The molecule has 2 rings (SSSR count). The van der Waals surface area contributed by atoms with Gasteiger partial charge in [0.15, 0.2) is 0 Å². The summed E-state index contributed by atoms with van der Waals surface area (Å²) in [5.74, 6) is 0.0679. The van der Waals surface area contributed by atoms with E-state index in [1.807, 2.05) is 0 Å². The molecule has 0 aromatic carbocycles. The fraction of sp³-hybridized carbons (Fsp3) is 0.933. The van der Waals surface area contributed by atoms with Gasteiger partial charge in [-0.05, 0) is 33.2 Å². The normalized spacial score (nSPS) is 27.5. The van der Waals surface area contributed by atoms with Gasteiger partial charge >= 0.3 is 0 Å². The van der Waals surface area contributed by atoms with Gasteiger partial charge < -0.3 is 15.2 Å². The summed E-state index contributed by atoms with van der Waals surface area (Å²) in [6, 6.07) is 0.351. The quantitative estimate of drug-likeness (QED) is 0.805. The SMILES string of the molecule is CC(C)N1CCCC[C@H]1C(=O)NCC1(O)CCOCC1. The third kappa shape index (κ3) is 3.93. The molecule has 5 heteroatoms. The Kier molecular flexibility index (Phi) is 5.41. The standard InChI is InChI=1S/C15H28N2O3/c1-12(2)17-8-4-3-5-13(17)14(18)16-11-15(19)6-9-20-10-7-15/h12-13,19H,3-11H2,1-2H3,(H,16,18)/t13-/m0/s1. The number of rotatable bonds is 4. The van der Waals surface area contributed by atoms with Gasteiger partial charge in [-0.2, -0.15) is 0 Å². The lowest BCUT2D eigenvalue weighted by Crippen LogP contribution is -2.55. The van der Waals surface area contributed by atoms with E-state index in [-0.39, 0.29) is 11.9 Å². The van der Waals surface area contributed by atoms with Gasteiger partial charge in [0, 0.05) is 38.6 Å². The lowest BCUT2D eigenvalue weighted by Gasteiger charge is -2.38. The number of hydrogen-bond acceptors (Lipinski definition) is 4. The molecule has 5 nitrogen and oxygen atoms in total. The molecule has 2 heterocycles. The van der Waals surface area contributed by atoms with E-state index < -0.39 is 5.60 Å². The predicted molar refractivity (Wildman–Crippen MR) is 77.5 cm³/mol. The maximum absolute atomic E-state index is 12.4. The third-order valence-electron chi connectivity index (χ3n) is 4.53. The van der Waals surface area contributed by atoms with Crippen molar-refractivity contribution in [2.45, 2.75) is 63.6 Å². The van der Waals surface area contributed by atoms with Gasteiger partial charge in [0.1, 0.15) is 0 Å². The molecule has 1 amide bonds. The first-order valence-electron chi connectivity index (χ1n) is 7.85. The Hall–Kier alpha value is -0.650. The number of carbonyl (C=O) groups is 1. The van der Waals surface area contributed by atoms with Gasteiger partial charge in [-0.25, -0.2) is 0 Å². The van der Waals surface area contributed by atoms with Crippen molar-refractivity contribution < 1.29 is 14.6 Å². The highest BCUT2D eigenvalue weighted by Gasteiger charge is 2.34. The molecule has 2 saturated heterocycles. The van der Waals surface area contributed by atoms with Gasteiger partial charge in [-0.15, -0.1) is 0 Å². The highest BCUT2D eigenvalue weighted by molar-refractivity contribution is 5.81. The summed E-state index contributed by atoms with van der Waals surface area (Å²) < 4.78 is 5.26. The number of likely N-dealkylation sites (tertiary alicyclic amines) is 1. The van der Waals surface area contributed by atoms with E-state index in [0.717, 1.165) is 19.4 Å². The first-order valence-corrected chi connectivity index (χ1v) is 7.85. The molecule has 0 unspecified atom stereocenters. The average molecular weight is 284 g/mol. The number of ether oxygens (including phenoxy) is 1. The van der Waals surface area contributed by atoms with Crippen LogP contribution in [0, 0.1) is 0 Å². The summed E-state index contributed by atoms with van der Waals surface area (Å²) in [7, 11) is 0. The third-order valence-corrected chi connectivity index (χ3v) is 4.53. The molecule has 0 aromatic heterocycles. The molecule has 2 aliphatic heterocycles. The number of nitrogens with zero attached hydrogens (tertiary/aromatic N) is 1. The number of hydrogen-bond donors (Lipinski definition) is 2. The van der Waals surface area contributed by atoms with Crippen LogP contribution in [0.4, 0.5) is 0 Å². The van der Waals surface area contributed by atoms with Crippen LogP contribution in [0.3, 0.4) is 0 Å². The predicted octanol–water partition coefficient (Wildman–Crippen LogP) is 0.907. The van der Waals surface area contributed by atoms with Crippen LogP contribution in [0.15, 0.2) is 0 Å². The van der Waals surface area contributed by atoms with E-state index in [1.165, 1.54) is 6.42 Å². The van der Waals surface area contributed by atoms with Gasteiger partial charge in [0.25, 0.3) is 0 Å². The minimum atomic E-state index is -0.786. The molecular formula is C15H28N2O3. The van der Waals surface area contributed by atoms with Gasteiger partial charge in [0.2, 0.25) is 5.91 Å². The highest BCUT2D eigenvalue weighted by atomic mass is 16.5. The number of piperidine rings is 1. The summed E-state index contributed by atoms with van der Waals surface area (Å²) >= 11 is 0. The monoisotopic (exact) mass is 284 g/mol. The van der Waals surface area contributed by atoms with Crippen molar-refractivity contribution in [1.82, 2.24) is 10.2 Å². The smallest absolute Gasteiger partial charge is 0.237 e. The summed E-state index contributed by atoms with van der Waals surface area (Å²) in [5, 5.41) is 13.3. The molecule has 2 N–H and O–H groups in total.